The summed E-state index contributed by atoms with van der Waals surface area (Å²) < 4.78 is 11.2. The quantitative estimate of drug-likeness (QED) is 0.0287. The Morgan fingerprint density at radius 2 is 1.08 bits per heavy atom. The zero-order valence-electron chi connectivity index (χ0n) is 32.1. The molecule has 5 atom stereocenters. The van der Waals surface area contributed by atoms with E-state index < -0.39 is 37.0 Å². The van der Waals surface area contributed by atoms with Crippen LogP contribution in [0.1, 0.15) is 200 Å². The molecule has 1 aliphatic rings. The molecule has 294 valence electrons. The minimum atomic E-state index is -1.17. The molecule has 8 nitrogen and oxygen atoms in total. The molecule has 0 radical (unpaired) electrons. The number of carboxylic acid groups (broad SMARTS) is 1. The van der Waals surface area contributed by atoms with Gasteiger partial charge < -0.3 is 29.9 Å². The van der Waals surface area contributed by atoms with Crippen molar-refractivity contribution in [1.29, 1.82) is 0 Å². The highest BCUT2D eigenvalue weighted by molar-refractivity contribution is 5.72. The lowest BCUT2D eigenvalue weighted by Gasteiger charge is -2.26. The predicted molar refractivity (Wildman–Crippen MR) is 203 cm³/mol. The Bertz CT molecular complexity index is 818. The summed E-state index contributed by atoms with van der Waals surface area (Å²) in [7, 11) is 0. The molecule has 0 aliphatic carbocycles. The summed E-state index contributed by atoms with van der Waals surface area (Å²) in [6.07, 6.45) is 34.8. The van der Waals surface area contributed by atoms with Gasteiger partial charge in [0.05, 0.1) is 19.1 Å². The molecular weight excluding hydrogens is 632 g/mol. The van der Waals surface area contributed by atoms with Crippen LogP contribution in [0.2, 0.25) is 0 Å². The van der Waals surface area contributed by atoms with Crippen LogP contribution in [0.15, 0.2) is 12.2 Å². The molecule has 1 saturated heterocycles. The van der Waals surface area contributed by atoms with Gasteiger partial charge in [0.2, 0.25) is 0 Å². The first kappa shape index (κ1) is 46.5. The highest BCUT2D eigenvalue weighted by atomic mass is 16.6. The molecule has 0 spiro atoms. The van der Waals surface area contributed by atoms with E-state index in [4.69, 9.17) is 14.6 Å². The second-order valence-electron chi connectivity index (χ2n) is 15.0. The Hall–Kier alpha value is -1.48. The van der Waals surface area contributed by atoms with Crippen molar-refractivity contribution in [1.82, 2.24) is 0 Å². The monoisotopic (exact) mass is 711 g/mol. The first-order valence-electron chi connectivity index (χ1n) is 21.1. The lowest BCUT2D eigenvalue weighted by atomic mass is 9.93. The maximum atomic E-state index is 13.3. The number of aliphatic hydroxyl groups is 3. The van der Waals surface area contributed by atoms with Crippen molar-refractivity contribution in [3.63, 3.8) is 0 Å². The first-order chi connectivity index (χ1) is 24.4. The normalized spacial score (nSPS) is 18.9. The van der Waals surface area contributed by atoms with Gasteiger partial charge in [-0.25, -0.2) is 0 Å². The van der Waals surface area contributed by atoms with Crippen molar-refractivity contribution in [2.45, 2.75) is 224 Å². The average Bonchev–Trinajstić information content (AvgIpc) is 3.44. The second kappa shape index (κ2) is 33.4. The largest absolute Gasteiger partial charge is 0.481 e. The van der Waals surface area contributed by atoms with Gasteiger partial charge in [0.15, 0.2) is 6.10 Å². The molecule has 4 N–H and O–H groups in total. The Morgan fingerprint density at radius 3 is 1.48 bits per heavy atom. The fraction of sp³-hybridized carbons (Fsp3) is 0.905. The van der Waals surface area contributed by atoms with Gasteiger partial charge in [-0.15, -0.1) is 0 Å². The van der Waals surface area contributed by atoms with Crippen molar-refractivity contribution >= 4 is 11.9 Å². The number of esters is 1. The number of ether oxygens (including phenoxy) is 2. The highest BCUT2D eigenvalue weighted by Gasteiger charge is 2.42. The number of aliphatic carboxylic acids is 1. The lowest BCUT2D eigenvalue weighted by molar-refractivity contribution is -0.168. The fourth-order valence-electron chi connectivity index (χ4n) is 7.04. The van der Waals surface area contributed by atoms with Gasteiger partial charge in [-0.05, 0) is 44.9 Å². The van der Waals surface area contributed by atoms with Gasteiger partial charge in [-0.2, -0.15) is 0 Å². The van der Waals surface area contributed by atoms with Crippen molar-refractivity contribution in [3.8, 4) is 0 Å². The molecule has 0 bridgehead atoms. The molecular formula is C42H78O8. The Morgan fingerprint density at radius 1 is 0.660 bits per heavy atom. The van der Waals surface area contributed by atoms with Crippen LogP contribution in [0.3, 0.4) is 0 Å². The van der Waals surface area contributed by atoms with Crippen LogP contribution in [0.25, 0.3) is 0 Å². The van der Waals surface area contributed by atoms with Gasteiger partial charge in [0, 0.05) is 6.42 Å². The van der Waals surface area contributed by atoms with Crippen LogP contribution in [0.5, 0.6) is 0 Å². The van der Waals surface area contributed by atoms with Gasteiger partial charge in [0.1, 0.15) is 18.3 Å². The summed E-state index contributed by atoms with van der Waals surface area (Å²) in [5, 5.41) is 38.7. The summed E-state index contributed by atoms with van der Waals surface area (Å²) in [5.41, 5.74) is 0. The first-order valence-corrected chi connectivity index (χ1v) is 21.1. The van der Waals surface area contributed by atoms with E-state index in [2.05, 4.69) is 19.1 Å². The maximum absolute atomic E-state index is 13.3. The lowest BCUT2D eigenvalue weighted by Crippen LogP contribution is -2.43. The minimum Gasteiger partial charge on any atom is -0.481 e. The van der Waals surface area contributed by atoms with E-state index in [-0.39, 0.29) is 24.9 Å². The van der Waals surface area contributed by atoms with Crippen molar-refractivity contribution in [2.24, 2.45) is 5.92 Å². The van der Waals surface area contributed by atoms with Crippen LogP contribution >= 0.6 is 0 Å². The molecule has 0 aromatic heterocycles. The molecule has 0 saturated carbocycles. The number of hydrogen-bond donors (Lipinski definition) is 4. The minimum absolute atomic E-state index is 0.0303. The number of carboxylic acids is 1. The topological polar surface area (TPSA) is 134 Å². The predicted octanol–water partition coefficient (Wildman–Crippen LogP) is 9.99. The van der Waals surface area contributed by atoms with Crippen LogP contribution in [-0.2, 0) is 19.1 Å². The zero-order valence-corrected chi connectivity index (χ0v) is 32.1. The molecule has 0 amide bonds. The molecule has 1 rings (SSSR count). The Labute approximate surface area is 306 Å². The number of carbonyl (C=O) groups is 2. The zero-order chi connectivity index (χ0) is 36.5. The Balaban J connectivity index is 2.25. The third-order valence-corrected chi connectivity index (χ3v) is 10.3. The smallest absolute Gasteiger partial charge is 0.309 e. The van der Waals surface area contributed by atoms with E-state index in [1.165, 1.54) is 109 Å². The Kier molecular flexibility index (Phi) is 31.1. The number of unbranched alkanes of at least 4 members (excludes halogenated alkanes) is 24. The molecule has 1 aliphatic heterocycles. The summed E-state index contributed by atoms with van der Waals surface area (Å²) >= 11 is 0. The fourth-order valence-corrected chi connectivity index (χ4v) is 7.04. The molecule has 1 unspecified atom stereocenters. The molecule has 1 fully saturated rings. The average molecular weight is 711 g/mol. The van der Waals surface area contributed by atoms with Gasteiger partial charge in [-0.3, -0.25) is 9.59 Å². The van der Waals surface area contributed by atoms with Crippen LogP contribution in [0, 0.1) is 5.92 Å². The van der Waals surface area contributed by atoms with Gasteiger partial charge in [0.25, 0.3) is 0 Å². The summed E-state index contributed by atoms with van der Waals surface area (Å²) in [6.45, 7) is 1.79. The standard InChI is InChI=1S/C42H78O8/c1-2-3-4-5-6-7-8-9-13-16-19-22-25-28-31-36(42(48)50-38(34-43)41-40(47)37(44)35-49-41)32-29-26-23-20-17-14-11-10-12-15-18-21-24-27-30-33-39(45)46/h10,12,36-38,40-41,43-44,47H,2-9,11,13-35H2,1H3,(H,45,46)/b12-10-/t36?,37-,38+,40+,41+/m0/s1. The number of allylic oxidation sites excluding steroid dienone is 2. The summed E-state index contributed by atoms with van der Waals surface area (Å²) in [5.74, 6) is -1.24. The molecule has 1 heterocycles. The molecule has 8 heteroatoms. The SMILES string of the molecule is CCCCCCCCCCCCCCCCC(CCCCCCCC/C=C\CCCCCCCC(=O)O)C(=O)O[C@H](CO)[C@H]1OC[C@H](O)[C@H]1O. The number of carbonyl (C=O) groups excluding carboxylic acids is 1. The van der Waals surface area contributed by atoms with E-state index in [9.17, 15) is 24.9 Å². The summed E-state index contributed by atoms with van der Waals surface area (Å²) in [4.78, 5) is 23.8. The van der Waals surface area contributed by atoms with E-state index in [0.29, 0.717) is 0 Å². The third-order valence-electron chi connectivity index (χ3n) is 10.3. The van der Waals surface area contributed by atoms with Crippen molar-refractivity contribution in [2.75, 3.05) is 13.2 Å². The third kappa shape index (κ3) is 25.5. The van der Waals surface area contributed by atoms with Gasteiger partial charge in [-0.1, -0.05) is 160 Å². The van der Waals surface area contributed by atoms with Crippen molar-refractivity contribution < 1.29 is 39.5 Å². The number of aliphatic hydroxyl groups excluding tert-OH is 3. The van der Waals surface area contributed by atoms with Gasteiger partial charge >= 0.3 is 11.9 Å². The van der Waals surface area contributed by atoms with E-state index >= 15 is 0 Å². The molecule has 0 aromatic carbocycles. The van der Waals surface area contributed by atoms with Crippen LogP contribution < -0.4 is 0 Å². The van der Waals surface area contributed by atoms with Crippen LogP contribution in [0.4, 0.5) is 0 Å². The van der Waals surface area contributed by atoms with Crippen LogP contribution in [-0.4, -0.2) is 70.0 Å². The number of hydrogen-bond acceptors (Lipinski definition) is 7. The number of rotatable bonds is 36. The second-order valence-corrected chi connectivity index (χ2v) is 15.0. The van der Waals surface area contributed by atoms with E-state index in [0.717, 1.165) is 77.0 Å². The van der Waals surface area contributed by atoms with E-state index in [1.54, 1.807) is 0 Å². The van der Waals surface area contributed by atoms with Crippen molar-refractivity contribution in [3.05, 3.63) is 12.2 Å². The van der Waals surface area contributed by atoms with E-state index in [1.807, 2.05) is 0 Å². The summed E-state index contributed by atoms with van der Waals surface area (Å²) in [6, 6.07) is 0. The highest BCUT2D eigenvalue weighted by Crippen LogP contribution is 2.25. The maximum Gasteiger partial charge on any atom is 0.309 e. The molecule has 0 aromatic rings. The molecule has 50 heavy (non-hydrogen) atoms.